The van der Waals surface area contributed by atoms with Gasteiger partial charge >= 0.3 is 6.18 Å². The molecule has 1 nitrogen and oxygen atoms in total. The molecule has 29 heavy (non-hydrogen) atoms. The van der Waals surface area contributed by atoms with Crippen LogP contribution in [0.3, 0.4) is 0 Å². The van der Waals surface area contributed by atoms with Gasteiger partial charge in [0.05, 0.1) is 12.0 Å². The Morgan fingerprint density at radius 2 is 1.55 bits per heavy atom. The summed E-state index contributed by atoms with van der Waals surface area (Å²) in [6.07, 6.45) is 5.19. The van der Waals surface area contributed by atoms with Crippen LogP contribution < -0.4 is 0 Å². The van der Waals surface area contributed by atoms with Crippen molar-refractivity contribution in [3.63, 3.8) is 0 Å². The van der Waals surface area contributed by atoms with Crippen molar-refractivity contribution in [3.05, 3.63) is 0 Å². The molecule has 4 saturated carbocycles. The monoisotopic (exact) mass is 414 g/mol. The van der Waals surface area contributed by atoms with E-state index in [0.717, 1.165) is 25.7 Å². The molecule has 0 amide bonds. The van der Waals surface area contributed by atoms with Crippen molar-refractivity contribution in [2.75, 3.05) is 0 Å². The van der Waals surface area contributed by atoms with Crippen LogP contribution in [0.5, 0.6) is 0 Å². The first-order valence-corrected chi connectivity index (χ1v) is 12.2. The molecule has 0 aromatic heterocycles. The predicted molar refractivity (Wildman–Crippen MR) is 110 cm³/mol. The summed E-state index contributed by atoms with van der Waals surface area (Å²) < 4.78 is 40.1. The van der Waals surface area contributed by atoms with Crippen LogP contribution in [-0.2, 0) is 0 Å². The first-order chi connectivity index (χ1) is 13.5. The molecule has 0 heterocycles. The predicted octanol–water partition coefficient (Wildman–Crippen LogP) is 7.23. The molecule has 0 aromatic rings. The Morgan fingerprint density at radius 3 is 2.21 bits per heavy atom. The second-order valence-electron chi connectivity index (χ2n) is 12.0. The van der Waals surface area contributed by atoms with E-state index in [4.69, 9.17) is 0 Å². The average Bonchev–Trinajstić information content (AvgIpc) is 2.96. The first-order valence-electron chi connectivity index (χ1n) is 12.2. The van der Waals surface area contributed by atoms with Gasteiger partial charge in [0.1, 0.15) is 0 Å². The van der Waals surface area contributed by atoms with E-state index in [0.29, 0.717) is 47.8 Å². The smallest absolute Gasteiger partial charge is 0.391 e. The zero-order valence-electron chi connectivity index (χ0n) is 18.8. The molecule has 4 aliphatic carbocycles. The van der Waals surface area contributed by atoms with Crippen LogP contribution in [-0.4, -0.2) is 17.4 Å². The molecule has 0 aromatic carbocycles. The lowest BCUT2D eigenvalue weighted by Crippen LogP contribution is -2.54. The van der Waals surface area contributed by atoms with Crippen molar-refractivity contribution in [2.24, 2.45) is 52.3 Å². The Labute approximate surface area is 175 Å². The zero-order chi connectivity index (χ0) is 21.2. The second-order valence-corrected chi connectivity index (χ2v) is 12.0. The van der Waals surface area contributed by atoms with Crippen molar-refractivity contribution in [3.8, 4) is 0 Å². The third-order valence-corrected chi connectivity index (χ3v) is 10.6. The molecule has 1 N–H and O–H groups in total. The maximum Gasteiger partial charge on any atom is 0.391 e. The van der Waals surface area contributed by atoms with Crippen molar-refractivity contribution in [1.29, 1.82) is 0 Å². The fourth-order valence-electron chi connectivity index (χ4n) is 8.62. The Balaban J connectivity index is 1.50. The Kier molecular flexibility index (Phi) is 5.62. The molecule has 0 aliphatic heterocycles. The number of aliphatic hydroxyl groups is 1. The normalized spacial score (nSPS) is 48.7. The third-order valence-electron chi connectivity index (χ3n) is 10.6. The van der Waals surface area contributed by atoms with E-state index in [2.05, 4.69) is 27.7 Å². The van der Waals surface area contributed by atoms with Gasteiger partial charge in [0, 0.05) is 0 Å². The SMILES string of the molecule is CC(C)C(O)CC1CCC2[C@@H]3CC[C@@H]4C[C@@H](C(F)(F)F)CCC4(C)C3CCC12C. The summed E-state index contributed by atoms with van der Waals surface area (Å²) in [6.45, 7) is 9.04. The van der Waals surface area contributed by atoms with E-state index in [1.54, 1.807) is 0 Å². The summed E-state index contributed by atoms with van der Waals surface area (Å²) in [6, 6.07) is 0. The summed E-state index contributed by atoms with van der Waals surface area (Å²) in [5.41, 5.74) is 0.435. The summed E-state index contributed by atoms with van der Waals surface area (Å²) in [4.78, 5) is 0. The Bertz CT molecular complexity index is 601. The third kappa shape index (κ3) is 3.57. The van der Waals surface area contributed by atoms with E-state index in [1.807, 2.05) is 0 Å². The molecular weight excluding hydrogens is 373 g/mol. The number of halogens is 3. The highest BCUT2D eigenvalue weighted by molar-refractivity contribution is 5.09. The standard InChI is InChI=1S/C25H41F3O/c1-15(2)22(29)14-17-6-8-20-19-7-5-16-13-18(25(26,27)28)9-11-23(16,3)21(19)10-12-24(17,20)4/h15-22,29H,5-14H2,1-4H3/t16-,17?,18+,19+,20?,21?,22?,23?,24?/m1/s1. The summed E-state index contributed by atoms with van der Waals surface area (Å²) >= 11 is 0. The van der Waals surface area contributed by atoms with Gasteiger partial charge in [-0.05, 0) is 111 Å². The zero-order valence-corrected chi connectivity index (χ0v) is 18.8. The van der Waals surface area contributed by atoms with E-state index >= 15 is 0 Å². The Hall–Kier alpha value is -0.250. The van der Waals surface area contributed by atoms with E-state index in [9.17, 15) is 18.3 Å². The molecule has 6 unspecified atom stereocenters. The minimum atomic E-state index is -4.01. The Morgan fingerprint density at radius 1 is 0.897 bits per heavy atom. The van der Waals surface area contributed by atoms with Crippen LogP contribution in [0.2, 0.25) is 0 Å². The number of hydrogen-bond acceptors (Lipinski definition) is 1. The summed E-state index contributed by atoms with van der Waals surface area (Å²) in [5.74, 6) is 2.13. The molecule has 4 heteroatoms. The quantitative estimate of drug-likeness (QED) is 0.516. The van der Waals surface area contributed by atoms with Gasteiger partial charge in [-0.1, -0.05) is 27.7 Å². The average molecular weight is 415 g/mol. The lowest BCUT2D eigenvalue weighted by atomic mass is 9.44. The molecule has 4 fully saturated rings. The van der Waals surface area contributed by atoms with Crippen molar-refractivity contribution in [2.45, 2.75) is 104 Å². The van der Waals surface area contributed by atoms with Crippen LogP contribution >= 0.6 is 0 Å². The van der Waals surface area contributed by atoms with Crippen molar-refractivity contribution >= 4 is 0 Å². The fourth-order valence-corrected chi connectivity index (χ4v) is 8.62. The molecule has 4 aliphatic rings. The van der Waals surface area contributed by atoms with Crippen molar-refractivity contribution in [1.82, 2.24) is 0 Å². The molecule has 0 saturated heterocycles. The molecule has 9 atom stereocenters. The van der Waals surface area contributed by atoms with E-state index in [-0.39, 0.29) is 17.4 Å². The second kappa shape index (κ2) is 7.41. The number of fused-ring (bicyclic) bond motifs is 5. The highest BCUT2D eigenvalue weighted by Crippen LogP contribution is 2.68. The van der Waals surface area contributed by atoms with Crippen molar-refractivity contribution < 1.29 is 18.3 Å². The molecule has 168 valence electrons. The maximum atomic E-state index is 13.4. The van der Waals surface area contributed by atoms with Crippen LogP contribution in [0.1, 0.15) is 91.9 Å². The van der Waals surface area contributed by atoms with Gasteiger partial charge in [0.25, 0.3) is 0 Å². The van der Waals surface area contributed by atoms with Crippen LogP contribution in [0.4, 0.5) is 13.2 Å². The largest absolute Gasteiger partial charge is 0.393 e. The van der Waals surface area contributed by atoms with Crippen LogP contribution in [0.15, 0.2) is 0 Å². The number of alkyl halides is 3. The fraction of sp³-hybridized carbons (Fsp3) is 1.00. The van der Waals surface area contributed by atoms with Gasteiger partial charge in [-0.2, -0.15) is 13.2 Å². The summed E-state index contributed by atoms with van der Waals surface area (Å²) in [7, 11) is 0. The highest BCUT2D eigenvalue weighted by Gasteiger charge is 2.61. The van der Waals surface area contributed by atoms with E-state index in [1.165, 1.54) is 25.7 Å². The topological polar surface area (TPSA) is 20.2 Å². The van der Waals surface area contributed by atoms with Gasteiger partial charge in [0.15, 0.2) is 0 Å². The van der Waals surface area contributed by atoms with Gasteiger partial charge in [-0.25, -0.2) is 0 Å². The molecule has 4 rings (SSSR count). The number of aliphatic hydroxyl groups excluding tert-OH is 1. The molecular formula is C25H41F3O. The number of hydrogen-bond donors (Lipinski definition) is 1. The lowest BCUT2D eigenvalue weighted by Gasteiger charge is -2.61. The first kappa shape index (κ1) is 22.0. The minimum Gasteiger partial charge on any atom is -0.393 e. The summed E-state index contributed by atoms with van der Waals surface area (Å²) in [5, 5.41) is 10.5. The number of rotatable bonds is 3. The molecule has 0 radical (unpaired) electrons. The maximum absolute atomic E-state index is 13.4. The molecule has 0 bridgehead atoms. The highest BCUT2D eigenvalue weighted by atomic mass is 19.4. The van der Waals surface area contributed by atoms with Crippen LogP contribution in [0, 0.1) is 52.3 Å². The van der Waals surface area contributed by atoms with Gasteiger partial charge < -0.3 is 5.11 Å². The van der Waals surface area contributed by atoms with Gasteiger partial charge in [-0.3, -0.25) is 0 Å². The van der Waals surface area contributed by atoms with Gasteiger partial charge in [0.2, 0.25) is 0 Å². The molecule has 0 spiro atoms. The van der Waals surface area contributed by atoms with Crippen LogP contribution in [0.25, 0.3) is 0 Å². The lowest BCUT2D eigenvalue weighted by molar-refractivity contribution is -0.208. The van der Waals surface area contributed by atoms with Gasteiger partial charge in [-0.15, -0.1) is 0 Å². The minimum absolute atomic E-state index is 0.113. The van der Waals surface area contributed by atoms with E-state index < -0.39 is 12.1 Å².